The second-order valence-electron chi connectivity index (χ2n) is 6.27. The lowest BCUT2D eigenvalue weighted by Crippen LogP contribution is -2.36. The first-order valence-corrected chi connectivity index (χ1v) is 8.64. The zero-order chi connectivity index (χ0) is 17.5. The summed E-state index contributed by atoms with van der Waals surface area (Å²) in [5.41, 5.74) is 2.10. The third kappa shape index (κ3) is 5.48. The van der Waals surface area contributed by atoms with Gasteiger partial charge in [-0.3, -0.25) is 4.99 Å². The van der Waals surface area contributed by atoms with Crippen molar-refractivity contribution >= 4 is 5.96 Å². The van der Waals surface area contributed by atoms with Gasteiger partial charge in [0.15, 0.2) is 5.96 Å². The van der Waals surface area contributed by atoms with E-state index in [2.05, 4.69) is 21.7 Å². The molecule has 0 saturated heterocycles. The maximum Gasteiger partial charge on any atom is 0.191 e. The summed E-state index contributed by atoms with van der Waals surface area (Å²) in [7, 11) is 1.73. The van der Waals surface area contributed by atoms with Crippen molar-refractivity contribution in [3.05, 3.63) is 65.5 Å². The number of benzene rings is 2. The van der Waals surface area contributed by atoms with Crippen LogP contribution in [0.2, 0.25) is 0 Å². The lowest BCUT2D eigenvalue weighted by molar-refractivity contribution is 0.296. The molecule has 0 aromatic heterocycles. The smallest absolute Gasteiger partial charge is 0.191 e. The topological polar surface area (TPSA) is 45.7 Å². The number of rotatable bonds is 7. The van der Waals surface area contributed by atoms with Gasteiger partial charge in [0.05, 0.1) is 6.61 Å². The van der Waals surface area contributed by atoms with Crippen molar-refractivity contribution in [2.75, 3.05) is 13.7 Å². The largest absolute Gasteiger partial charge is 0.493 e. The summed E-state index contributed by atoms with van der Waals surface area (Å²) >= 11 is 0. The molecule has 2 aromatic rings. The molecule has 1 aliphatic rings. The van der Waals surface area contributed by atoms with Crippen LogP contribution in [0, 0.1) is 11.7 Å². The zero-order valence-electron chi connectivity index (χ0n) is 14.5. The van der Waals surface area contributed by atoms with E-state index in [0.717, 1.165) is 29.4 Å². The number of nitrogens with one attached hydrogen (secondary N) is 2. The molecule has 0 unspecified atom stereocenters. The standard InChI is InChI=1S/C20H24FN3O/c1-22-20(23-12-15-8-10-18(21)11-9-15)24-13-17-4-2-3-5-19(17)25-14-16-6-7-16/h2-5,8-11,16H,6-7,12-14H2,1H3,(H2,22,23,24). The van der Waals surface area contributed by atoms with Gasteiger partial charge >= 0.3 is 0 Å². The number of guanidine groups is 1. The van der Waals surface area contributed by atoms with Crippen molar-refractivity contribution in [3.63, 3.8) is 0 Å². The van der Waals surface area contributed by atoms with Crippen LogP contribution in [0.3, 0.4) is 0 Å². The summed E-state index contributed by atoms with van der Waals surface area (Å²) < 4.78 is 18.9. The van der Waals surface area contributed by atoms with Crippen molar-refractivity contribution in [2.24, 2.45) is 10.9 Å². The van der Waals surface area contributed by atoms with E-state index in [4.69, 9.17) is 4.74 Å². The lowest BCUT2D eigenvalue weighted by atomic mass is 10.2. The first kappa shape index (κ1) is 17.3. The molecule has 1 fully saturated rings. The molecule has 0 spiro atoms. The number of nitrogens with zero attached hydrogens (tertiary/aromatic N) is 1. The van der Waals surface area contributed by atoms with E-state index in [-0.39, 0.29) is 5.82 Å². The number of hydrogen-bond acceptors (Lipinski definition) is 2. The maximum atomic E-state index is 12.9. The van der Waals surface area contributed by atoms with Crippen LogP contribution in [-0.2, 0) is 13.1 Å². The number of hydrogen-bond donors (Lipinski definition) is 2. The van der Waals surface area contributed by atoms with Crippen molar-refractivity contribution in [2.45, 2.75) is 25.9 Å². The molecule has 25 heavy (non-hydrogen) atoms. The third-order valence-corrected chi connectivity index (χ3v) is 4.19. The van der Waals surface area contributed by atoms with Gasteiger partial charge in [0.2, 0.25) is 0 Å². The van der Waals surface area contributed by atoms with Gasteiger partial charge in [0.25, 0.3) is 0 Å². The molecule has 2 aromatic carbocycles. The predicted molar refractivity (Wildman–Crippen MR) is 98.1 cm³/mol. The zero-order valence-corrected chi connectivity index (χ0v) is 14.5. The molecule has 3 rings (SSSR count). The second-order valence-corrected chi connectivity index (χ2v) is 6.27. The number of ether oxygens (including phenoxy) is 1. The molecular weight excluding hydrogens is 317 g/mol. The summed E-state index contributed by atoms with van der Waals surface area (Å²) in [6.45, 7) is 2.01. The molecule has 0 bridgehead atoms. The number of aliphatic imine (C=N–C) groups is 1. The van der Waals surface area contributed by atoms with Gasteiger partial charge in [0.1, 0.15) is 11.6 Å². The highest BCUT2D eigenvalue weighted by atomic mass is 19.1. The molecule has 2 N–H and O–H groups in total. The average Bonchev–Trinajstić information content (AvgIpc) is 3.47. The second kappa shape index (κ2) is 8.51. The molecule has 4 nitrogen and oxygen atoms in total. The molecule has 0 atom stereocenters. The summed E-state index contributed by atoms with van der Waals surface area (Å²) in [6, 6.07) is 14.5. The molecular formula is C20H24FN3O. The Morgan fingerprint density at radius 1 is 1.08 bits per heavy atom. The van der Waals surface area contributed by atoms with Crippen LogP contribution in [0.4, 0.5) is 4.39 Å². The van der Waals surface area contributed by atoms with Crippen LogP contribution >= 0.6 is 0 Å². The summed E-state index contributed by atoms with van der Waals surface area (Å²) in [4.78, 5) is 4.23. The average molecular weight is 341 g/mol. The number of para-hydroxylation sites is 1. The van der Waals surface area contributed by atoms with Gasteiger partial charge in [-0.25, -0.2) is 4.39 Å². The van der Waals surface area contributed by atoms with E-state index in [1.54, 1.807) is 19.2 Å². The highest BCUT2D eigenvalue weighted by molar-refractivity contribution is 5.79. The first-order valence-electron chi connectivity index (χ1n) is 8.64. The van der Waals surface area contributed by atoms with Crippen LogP contribution in [0.5, 0.6) is 5.75 Å². The van der Waals surface area contributed by atoms with E-state index >= 15 is 0 Å². The normalized spacial score (nSPS) is 14.2. The minimum absolute atomic E-state index is 0.228. The van der Waals surface area contributed by atoms with E-state index in [1.807, 2.05) is 18.2 Å². The van der Waals surface area contributed by atoms with E-state index < -0.39 is 0 Å². The van der Waals surface area contributed by atoms with Crippen LogP contribution < -0.4 is 15.4 Å². The Balaban J connectivity index is 1.51. The van der Waals surface area contributed by atoms with E-state index in [0.29, 0.717) is 19.0 Å². The fourth-order valence-corrected chi connectivity index (χ4v) is 2.47. The van der Waals surface area contributed by atoms with Gasteiger partial charge in [0, 0.05) is 25.7 Å². The summed E-state index contributed by atoms with van der Waals surface area (Å²) in [5.74, 6) is 2.12. The van der Waals surface area contributed by atoms with E-state index in [9.17, 15) is 4.39 Å². The Morgan fingerprint density at radius 2 is 1.80 bits per heavy atom. The Kier molecular flexibility index (Phi) is 5.88. The quantitative estimate of drug-likeness (QED) is 0.599. The van der Waals surface area contributed by atoms with Crippen molar-refractivity contribution < 1.29 is 9.13 Å². The van der Waals surface area contributed by atoms with Crippen LogP contribution in [0.15, 0.2) is 53.5 Å². The van der Waals surface area contributed by atoms with E-state index in [1.165, 1.54) is 25.0 Å². The SMILES string of the molecule is CN=C(NCc1ccc(F)cc1)NCc1ccccc1OCC1CC1. The maximum absolute atomic E-state index is 12.9. The van der Waals surface area contributed by atoms with Crippen LogP contribution in [0.25, 0.3) is 0 Å². The van der Waals surface area contributed by atoms with Gasteiger partial charge in [-0.1, -0.05) is 30.3 Å². The minimum atomic E-state index is -0.228. The molecule has 0 radical (unpaired) electrons. The van der Waals surface area contributed by atoms with Gasteiger partial charge in [-0.2, -0.15) is 0 Å². The highest BCUT2D eigenvalue weighted by Crippen LogP contribution is 2.30. The predicted octanol–water partition coefficient (Wildman–Crippen LogP) is 3.48. The van der Waals surface area contributed by atoms with Crippen LogP contribution in [-0.4, -0.2) is 19.6 Å². The molecule has 0 aliphatic heterocycles. The Labute approximate surface area is 148 Å². The van der Waals surface area contributed by atoms with Crippen LogP contribution in [0.1, 0.15) is 24.0 Å². The Hall–Kier alpha value is -2.56. The summed E-state index contributed by atoms with van der Waals surface area (Å²) in [5, 5.41) is 6.53. The van der Waals surface area contributed by atoms with Crippen molar-refractivity contribution in [1.29, 1.82) is 0 Å². The first-order chi connectivity index (χ1) is 12.2. The fraction of sp³-hybridized carbons (Fsp3) is 0.350. The molecule has 0 amide bonds. The highest BCUT2D eigenvalue weighted by Gasteiger charge is 2.22. The molecule has 132 valence electrons. The molecule has 5 heteroatoms. The lowest BCUT2D eigenvalue weighted by Gasteiger charge is -2.15. The monoisotopic (exact) mass is 341 g/mol. The minimum Gasteiger partial charge on any atom is -0.493 e. The third-order valence-electron chi connectivity index (χ3n) is 4.19. The van der Waals surface area contributed by atoms with Gasteiger partial charge in [-0.05, 0) is 42.5 Å². The van der Waals surface area contributed by atoms with Crippen molar-refractivity contribution in [1.82, 2.24) is 10.6 Å². The Bertz CT molecular complexity index is 711. The molecule has 0 heterocycles. The van der Waals surface area contributed by atoms with Crippen molar-refractivity contribution in [3.8, 4) is 5.75 Å². The van der Waals surface area contributed by atoms with Gasteiger partial charge in [-0.15, -0.1) is 0 Å². The Morgan fingerprint density at radius 3 is 2.52 bits per heavy atom. The molecule has 1 saturated carbocycles. The fourth-order valence-electron chi connectivity index (χ4n) is 2.47. The molecule has 1 aliphatic carbocycles. The van der Waals surface area contributed by atoms with Gasteiger partial charge < -0.3 is 15.4 Å². The summed E-state index contributed by atoms with van der Waals surface area (Å²) in [6.07, 6.45) is 2.56. The number of halogens is 1.